The number of amides is 2. The summed E-state index contributed by atoms with van der Waals surface area (Å²) in [4.78, 5) is 42.6. The van der Waals surface area contributed by atoms with E-state index in [9.17, 15) is 14.4 Å². The second-order valence-corrected chi connectivity index (χ2v) is 7.77. The summed E-state index contributed by atoms with van der Waals surface area (Å²) in [6.07, 6.45) is 3.95. The standard InChI is InChI=1S/C23H20N2O3/c1-13-7-10-16(11-8-13)24-22(27)19-18-12-9-15-5-3-4-6-17(15)25(18)21(14(2)26)20(19)23(24)28/h3-12,18-21H,1-2H3/t18-,19-,20+,21+/m0/s1. The van der Waals surface area contributed by atoms with Gasteiger partial charge in [-0.3, -0.25) is 14.4 Å². The number of nitrogens with zero attached hydrogens (tertiary/aromatic N) is 2. The predicted molar refractivity (Wildman–Crippen MR) is 107 cm³/mol. The number of fused-ring (bicyclic) bond motifs is 5. The maximum atomic E-state index is 13.4. The molecule has 0 unspecified atom stereocenters. The molecule has 0 aromatic heterocycles. The molecule has 2 aromatic carbocycles. The fraction of sp³-hybridized carbons (Fsp3) is 0.261. The lowest BCUT2D eigenvalue weighted by molar-refractivity contribution is -0.126. The number of ketones is 1. The Morgan fingerprint density at radius 1 is 0.929 bits per heavy atom. The second-order valence-electron chi connectivity index (χ2n) is 7.77. The highest BCUT2D eigenvalue weighted by Crippen LogP contribution is 2.49. The summed E-state index contributed by atoms with van der Waals surface area (Å²) in [5.74, 6) is -1.80. The minimum Gasteiger partial charge on any atom is -0.353 e. The number of carbonyl (C=O) groups excluding carboxylic acids is 3. The molecule has 2 saturated heterocycles. The highest BCUT2D eigenvalue weighted by molar-refractivity contribution is 6.24. The summed E-state index contributed by atoms with van der Waals surface area (Å²) in [5.41, 5.74) is 3.54. The third-order valence-corrected chi connectivity index (χ3v) is 6.12. The van der Waals surface area contributed by atoms with Crippen LogP contribution in [0.1, 0.15) is 18.1 Å². The number of para-hydroxylation sites is 1. The molecule has 0 radical (unpaired) electrons. The van der Waals surface area contributed by atoms with E-state index in [-0.39, 0.29) is 23.6 Å². The average molecular weight is 372 g/mol. The zero-order chi connectivity index (χ0) is 19.6. The number of imide groups is 1. The van der Waals surface area contributed by atoms with Gasteiger partial charge in [-0.2, -0.15) is 0 Å². The van der Waals surface area contributed by atoms with Crippen molar-refractivity contribution in [1.82, 2.24) is 0 Å². The summed E-state index contributed by atoms with van der Waals surface area (Å²) < 4.78 is 0. The van der Waals surface area contributed by atoms with E-state index in [0.717, 1.165) is 16.8 Å². The number of anilines is 2. The molecule has 2 fully saturated rings. The van der Waals surface area contributed by atoms with Crippen LogP contribution in [0.3, 0.4) is 0 Å². The van der Waals surface area contributed by atoms with Crippen molar-refractivity contribution < 1.29 is 14.4 Å². The Bertz CT molecular complexity index is 1040. The molecule has 5 nitrogen and oxygen atoms in total. The fourth-order valence-electron chi connectivity index (χ4n) is 4.92. The van der Waals surface area contributed by atoms with Crippen molar-refractivity contribution in [3.63, 3.8) is 0 Å². The van der Waals surface area contributed by atoms with E-state index in [1.807, 2.05) is 60.4 Å². The Morgan fingerprint density at radius 2 is 1.61 bits per heavy atom. The highest BCUT2D eigenvalue weighted by atomic mass is 16.2. The van der Waals surface area contributed by atoms with Gasteiger partial charge < -0.3 is 4.90 Å². The van der Waals surface area contributed by atoms with Crippen LogP contribution in [0.5, 0.6) is 0 Å². The van der Waals surface area contributed by atoms with Crippen LogP contribution in [0.25, 0.3) is 6.08 Å². The smallest absolute Gasteiger partial charge is 0.240 e. The maximum absolute atomic E-state index is 13.4. The monoisotopic (exact) mass is 372 g/mol. The lowest BCUT2D eigenvalue weighted by Gasteiger charge is -2.36. The van der Waals surface area contributed by atoms with Crippen molar-refractivity contribution in [3.8, 4) is 0 Å². The van der Waals surface area contributed by atoms with Crippen molar-refractivity contribution in [3.05, 3.63) is 65.7 Å². The van der Waals surface area contributed by atoms with Crippen LogP contribution in [-0.2, 0) is 14.4 Å². The molecule has 28 heavy (non-hydrogen) atoms. The van der Waals surface area contributed by atoms with Gasteiger partial charge in [0.2, 0.25) is 11.8 Å². The lowest BCUT2D eigenvalue weighted by atomic mass is 9.88. The summed E-state index contributed by atoms with van der Waals surface area (Å²) in [7, 11) is 0. The topological polar surface area (TPSA) is 57.7 Å². The molecule has 0 aliphatic carbocycles. The minimum atomic E-state index is -0.660. The van der Waals surface area contributed by atoms with Crippen LogP contribution >= 0.6 is 0 Å². The van der Waals surface area contributed by atoms with Crippen LogP contribution in [-0.4, -0.2) is 29.7 Å². The number of aryl methyl sites for hydroxylation is 1. The third-order valence-electron chi connectivity index (χ3n) is 6.12. The minimum absolute atomic E-state index is 0.0884. The molecule has 5 heteroatoms. The summed E-state index contributed by atoms with van der Waals surface area (Å²) in [5, 5.41) is 0. The van der Waals surface area contributed by atoms with Crippen molar-refractivity contribution in [2.45, 2.75) is 25.9 Å². The van der Waals surface area contributed by atoms with Gasteiger partial charge in [0.05, 0.1) is 23.6 Å². The predicted octanol–water partition coefficient (Wildman–Crippen LogP) is 2.97. The molecule has 0 bridgehead atoms. The first-order valence-corrected chi connectivity index (χ1v) is 9.49. The van der Waals surface area contributed by atoms with E-state index < -0.39 is 17.9 Å². The Morgan fingerprint density at radius 3 is 2.32 bits per heavy atom. The van der Waals surface area contributed by atoms with Gasteiger partial charge in [-0.25, -0.2) is 4.90 Å². The number of hydrogen-bond donors (Lipinski definition) is 0. The first-order valence-electron chi connectivity index (χ1n) is 9.49. The SMILES string of the molecule is CC(=O)[C@@H]1[C@@H]2C(=O)N(c3ccc(C)cc3)C(=O)[C@H]2[C@@H]2C=Cc3ccccc3N12. The first-order chi connectivity index (χ1) is 13.5. The number of carbonyl (C=O) groups is 3. The largest absolute Gasteiger partial charge is 0.353 e. The summed E-state index contributed by atoms with van der Waals surface area (Å²) in [6.45, 7) is 3.47. The third kappa shape index (κ3) is 2.16. The number of rotatable bonds is 2. The molecule has 3 heterocycles. The van der Waals surface area contributed by atoms with Gasteiger partial charge >= 0.3 is 0 Å². The van der Waals surface area contributed by atoms with Crippen LogP contribution < -0.4 is 9.80 Å². The zero-order valence-electron chi connectivity index (χ0n) is 15.7. The quantitative estimate of drug-likeness (QED) is 0.761. The van der Waals surface area contributed by atoms with Gasteiger partial charge in [-0.05, 0) is 37.6 Å². The highest BCUT2D eigenvalue weighted by Gasteiger charge is 2.63. The van der Waals surface area contributed by atoms with Gasteiger partial charge in [0, 0.05) is 5.69 Å². The molecular formula is C23H20N2O3. The van der Waals surface area contributed by atoms with Gasteiger partial charge in [0.1, 0.15) is 6.04 Å². The van der Waals surface area contributed by atoms with Gasteiger partial charge in [0.15, 0.2) is 5.78 Å². The van der Waals surface area contributed by atoms with E-state index >= 15 is 0 Å². The van der Waals surface area contributed by atoms with Crippen LogP contribution in [0, 0.1) is 18.8 Å². The number of benzene rings is 2. The van der Waals surface area contributed by atoms with E-state index in [0.29, 0.717) is 5.69 Å². The molecule has 0 N–H and O–H groups in total. The second kappa shape index (κ2) is 5.89. The summed E-state index contributed by atoms with van der Waals surface area (Å²) in [6, 6.07) is 14.2. The Balaban J connectivity index is 1.62. The molecule has 4 atom stereocenters. The van der Waals surface area contributed by atoms with Crippen molar-refractivity contribution >= 4 is 35.0 Å². The molecule has 2 amide bonds. The molecule has 140 valence electrons. The van der Waals surface area contributed by atoms with E-state index in [4.69, 9.17) is 0 Å². The number of Topliss-reactive ketones (excluding diaryl/α,β-unsaturated/α-hetero) is 1. The lowest BCUT2D eigenvalue weighted by Crippen LogP contribution is -2.48. The van der Waals surface area contributed by atoms with E-state index in [1.165, 1.54) is 11.8 Å². The molecule has 2 aromatic rings. The normalized spacial score (nSPS) is 27.6. The van der Waals surface area contributed by atoms with Crippen molar-refractivity contribution in [2.75, 3.05) is 9.80 Å². The Kier molecular flexibility index (Phi) is 3.56. The van der Waals surface area contributed by atoms with Crippen LogP contribution in [0.2, 0.25) is 0 Å². The first kappa shape index (κ1) is 16.9. The summed E-state index contributed by atoms with van der Waals surface area (Å²) >= 11 is 0. The molecule has 0 spiro atoms. The molecule has 3 aliphatic rings. The molecular weight excluding hydrogens is 352 g/mol. The average Bonchev–Trinajstić information content (AvgIpc) is 3.16. The molecule has 0 saturated carbocycles. The zero-order valence-corrected chi connectivity index (χ0v) is 15.7. The van der Waals surface area contributed by atoms with Crippen molar-refractivity contribution in [1.29, 1.82) is 0 Å². The van der Waals surface area contributed by atoms with Crippen LogP contribution in [0.15, 0.2) is 54.6 Å². The van der Waals surface area contributed by atoms with Gasteiger partial charge in [0.25, 0.3) is 0 Å². The fourth-order valence-corrected chi connectivity index (χ4v) is 4.92. The maximum Gasteiger partial charge on any atom is 0.240 e. The van der Waals surface area contributed by atoms with E-state index in [1.54, 1.807) is 12.1 Å². The Labute approximate surface area is 163 Å². The van der Waals surface area contributed by atoms with Crippen molar-refractivity contribution in [2.24, 2.45) is 11.8 Å². The molecule has 5 rings (SSSR count). The Hall–Kier alpha value is -3.21. The van der Waals surface area contributed by atoms with Gasteiger partial charge in [-0.15, -0.1) is 0 Å². The van der Waals surface area contributed by atoms with Crippen LogP contribution in [0.4, 0.5) is 11.4 Å². The molecule has 3 aliphatic heterocycles. The number of hydrogen-bond acceptors (Lipinski definition) is 4. The van der Waals surface area contributed by atoms with Gasteiger partial charge in [-0.1, -0.05) is 48.0 Å². The van der Waals surface area contributed by atoms with E-state index in [2.05, 4.69) is 0 Å².